The Labute approximate surface area is 150 Å². The second-order valence-corrected chi connectivity index (χ2v) is 6.14. The first kappa shape index (κ1) is 18.8. The molecule has 1 fully saturated rings. The largest absolute Gasteiger partial charge is 0.467 e. The lowest BCUT2D eigenvalue weighted by Crippen LogP contribution is -2.65. The molecule has 7 nitrogen and oxygen atoms in total. The van der Waals surface area contributed by atoms with Gasteiger partial charge in [-0.05, 0) is 24.6 Å². The van der Waals surface area contributed by atoms with E-state index < -0.39 is 23.8 Å². The minimum Gasteiger partial charge on any atom is -0.467 e. The van der Waals surface area contributed by atoms with E-state index in [1.54, 1.807) is 24.3 Å². The molecule has 0 spiro atoms. The Hall–Kier alpha value is -2.54. The van der Waals surface area contributed by atoms with Crippen LogP contribution in [-0.4, -0.2) is 42.1 Å². The Balaban J connectivity index is 2.50. The van der Waals surface area contributed by atoms with Gasteiger partial charge in [0.1, 0.15) is 12.8 Å². The first-order chi connectivity index (χ1) is 11.8. The SMILES string of the molecule is C=CCOC(=O)N1[C@@H](c2ccc(Cl)cc2)NC(=O)C[C@@]1(C)C(=O)OC. The smallest absolute Gasteiger partial charge is 0.412 e. The van der Waals surface area contributed by atoms with Crippen LogP contribution in [0.5, 0.6) is 0 Å². The van der Waals surface area contributed by atoms with Gasteiger partial charge in [-0.3, -0.25) is 9.69 Å². The van der Waals surface area contributed by atoms with Crippen molar-refractivity contribution in [2.45, 2.75) is 25.0 Å². The molecule has 1 N–H and O–H groups in total. The highest BCUT2D eigenvalue weighted by Gasteiger charge is 2.53. The minimum atomic E-state index is -1.51. The van der Waals surface area contributed by atoms with Gasteiger partial charge in [0.05, 0.1) is 13.5 Å². The maximum absolute atomic E-state index is 12.6. The molecule has 2 atom stereocenters. The molecule has 1 aliphatic rings. The van der Waals surface area contributed by atoms with Crippen molar-refractivity contribution in [3.05, 3.63) is 47.5 Å². The molecule has 1 saturated heterocycles. The van der Waals surface area contributed by atoms with Crippen LogP contribution in [0.4, 0.5) is 4.79 Å². The van der Waals surface area contributed by atoms with E-state index >= 15 is 0 Å². The summed E-state index contributed by atoms with van der Waals surface area (Å²) in [6, 6.07) is 6.56. The van der Waals surface area contributed by atoms with Crippen molar-refractivity contribution >= 4 is 29.6 Å². The van der Waals surface area contributed by atoms with E-state index in [9.17, 15) is 14.4 Å². The van der Waals surface area contributed by atoms with Gasteiger partial charge in [-0.25, -0.2) is 9.59 Å². The summed E-state index contributed by atoms with van der Waals surface area (Å²) < 4.78 is 9.93. The molecule has 1 heterocycles. The fraction of sp³-hybridized carbons (Fsp3) is 0.353. The predicted molar refractivity (Wildman–Crippen MR) is 90.8 cm³/mol. The summed E-state index contributed by atoms with van der Waals surface area (Å²) in [5.41, 5.74) is -0.942. The Morgan fingerprint density at radius 3 is 2.64 bits per heavy atom. The lowest BCUT2D eigenvalue weighted by Gasteiger charge is -2.46. The van der Waals surface area contributed by atoms with Crippen LogP contribution in [0.2, 0.25) is 5.02 Å². The van der Waals surface area contributed by atoms with E-state index in [-0.39, 0.29) is 18.9 Å². The Morgan fingerprint density at radius 2 is 2.08 bits per heavy atom. The summed E-state index contributed by atoms with van der Waals surface area (Å²) in [6.45, 7) is 4.93. The highest BCUT2D eigenvalue weighted by molar-refractivity contribution is 6.30. The van der Waals surface area contributed by atoms with Crippen LogP contribution in [0.1, 0.15) is 25.1 Å². The fourth-order valence-electron chi connectivity index (χ4n) is 2.73. The topological polar surface area (TPSA) is 84.9 Å². The number of hydrogen-bond acceptors (Lipinski definition) is 5. The number of carbonyl (C=O) groups is 3. The maximum Gasteiger partial charge on any atom is 0.412 e. The van der Waals surface area contributed by atoms with Crippen LogP contribution < -0.4 is 5.32 Å². The molecule has 1 aromatic rings. The number of hydrogen-bond donors (Lipinski definition) is 1. The summed E-state index contributed by atoms with van der Waals surface area (Å²) in [6.07, 6.45) is -0.507. The third-order valence-corrected chi connectivity index (χ3v) is 4.18. The van der Waals surface area contributed by atoms with Crippen LogP contribution in [-0.2, 0) is 19.1 Å². The van der Waals surface area contributed by atoms with Crippen molar-refractivity contribution in [3.63, 3.8) is 0 Å². The van der Waals surface area contributed by atoms with Crippen molar-refractivity contribution in [1.29, 1.82) is 0 Å². The fourth-order valence-corrected chi connectivity index (χ4v) is 2.85. The average Bonchev–Trinajstić information content (AvgIpc) is 2.58. The number of carbonyl (C=O) groups excluding carboxylic acids is 3. The van der Waals surface area contributed by atoms with Gasteiger partial charge in [-0.15, -0.1) is 0 Å². The van der Waals surface area contributed by atoms with Crippen molar-refractivity contribution in [1.82, 2.24) is 10.2 Å². The first-order valence-corrected chi connectivity index (χ1v) is 7.91. The van der Waals surface area contributed by atoms with Crippen molar-refractivity contribution < 1.29 is 23.9 Å². The second-order valence-electron chi connectivity index (χ2n) is 5.70. The molecule has 0 bridgehead atoms. The molecule has 0 aromatic heterocycles. The number of nitrogens with one attached hydrogen (secondary N) is 1. The summed E-state index contributed by atoms with van der Waals surface area (Å²) in [7, 11) is 1.20. The van der Waals surface area contributed by atoms with Crippen LogP contribution in [0, 0.1) is 0 Å². The molecule has 8 heteroatoms. The van der Waals surface area contributed by atoms with Gasteiger partial charge in [-0.1, -0.05) is 36.4 Å². The monoisotopic (exact) mass is 366 g/mol. The second kappa shape index (κ2) is 7.57. The lowest BCUT2D eigenvalue weighted by molar-refractivity contribution is -0.162. The molecular formula is C17H19ClN2O5. The number of benzene rings is 1. The van der Waals surface area contributed by atoms with Crippen molar-refractivity contribution in [2.24, 2.45) is 0 Å². The Kier molecular flexibility index (Phi) is 5.69. The number of halogens is 1. The number of nitrogens with zero attached hydrogens (tertiary/aromatic N) is 1. The number of ether oxygens (including phenoxy) is 2. The zero-order valence-corrected chi connectivity index (χ0v) is 14.7. The quantitative estimate of drug-likeness (QED) is 0.653. The Bertz CT molecular complexity index is 691. The summed E-state index contributed by atoms with van der Waals surface area (Å²) in [4.78, 5) is 38.3. The third kappa shape index (κ3) is 3.76. The predicted octanol–water partition coefficient (Wildman–Crippen LogP) is 2.41. The lowest BCUT2D eigenvalue weighted by atomic mass is 9.90. The number of methoxy groups -OCH3 is 1. The van der Waals surface area contributed by atoms with Crippen molar-refractivity contribution in [3.8, 4) is 0 Å². The van der Waals surface area contributed by atoms with Gasteiger partial charge >= 0.3 is 12.1 Å². The summed E-state index contributed by atoms with van der Waals surface area (Å²) in [5, 5.41) is 3.21. The van der Waals surface area contributed by atoms with E-state index in [1.807, 2.05) is 0 Å². The molecule has 0 aliphatic carbocycles. The number of rotatable bonds is 4. The highest BCUT2D eigenvalue weighted by Crippen LogP contribution is 2.35. The Morgan fingerprint density at radius 1 is 1.44 bits per heavy atom. The van der Waals surface area contributed by atoms with Gasteiger partial charge in [0, 0.05) is 5.02 Å². The zero-order valence-electron chi connectivity index (χ0n) is 14.0. The van der Waals surface area contributed by atoms with Gasteiger partial charge in [0.15, 0.2) is 5.54 Å². The summed E-state index contributed by atoms with van der Waals surface area (Å²) in [5.74, 6) is -1.10. The number of esters is 1. The van der Waals surface area contributed by atoms with Crippen LogP contribution in [0.25, 0.3) is 0 Å². The average molecular weight is 367 g/mol. The molecule has 2 amide bonds. The standard InChI is InChI=1S/C17H19ClN2O5/c1-4-9-25-16(23)20-14(11-5-7-12(18)8-6-11)19-13(21)10-17(20,2)15(22)24-3/h4-8,14H,1,9-10H2,2-3H3,(H,19,21)/t14-,17-/m0/s1. The molecule has 1 aliphatic heterocycles. The molecular weight excluding hydrogens is 348 g/mol. The molecule has 25 heavy (non-hydrogen) atoms. The summed E-state index contributed by atoms with van der Waals surface area (Å²) >= 11 is 5.90. The zero-order chi connectivity index (χ0) is 18.6. The van der Waals surface area contributed by atoms with Gasteiger partial charge in [0.2, 0.25) is 5.91 Å². The van der Waals surface area contributed by atoms with Crippen LogP contribution in [0.15, 0.2) is 36.9 Å². The van der Waals surface area contributed by atoms with Gasteiger partial charge in [0.25, 0.3) is 0 Å². The molecule has 0 unspecified atom stereocenters. The van der Waals surface area contributed by atoms with E-state index in [1.165, 1.54) is 25.0 Å². The number of amides is 2. The van der Waals surface area contributed by atoms with Crippen LogP contribution in [0.3, 0.4) is 0 Å². The van der Waals surface area contributed by atoms with E-state index in [2.05, 4.69) is 11.9 Å². The molecule has 134 valence electrons. The molecule has 0 saturated carbocycles. The minimum absolute atomic E-state index is 0.0339. The van der Waals surface area contributed by atoms with Gasteiger partial charge < -0.3 is 14.8 Å². The molecule has 1 aromatic carbocycles. The first-order valence-electron chi connectivity index (χ1n) is 7.53. The molecule has 2 rings (SSSR count). The third-order valence-electron chi connectivity index (χ3n) is 3.92. The van der Waals surface area contributed by atoms with Crippen molar-refractivity contribution in [2.75, 3.05) is 13.7 Å². The molecule has 0 radical (unpaired) electrons. The van der Waals surface area contributed by atoms with E-state index in [4.69, 9.17) is 21.1 Å². The maximum atomic E-state index is 12.6. The highest BCUT2D eigenvalue weighted by atomic mass is 35.5. The van der Waals surface area contributed by atoms with Crippen LogP contribution >= 0.6 is 11.6 Å². The normalized spacial score (nSPS) is 22.8. The van der Waals surface area contributed by atoms with Gasteiger partial charge in [-0.2, -0.15) is 0 Å². The van der Waals surface area contributed by atoms with E-state index in [0.29, 0.717) is 10.6 Å². The van der Waals surface area contributed by atoms with E-state index in [0.717, 1.165) is 0 Å².